The van der Waals surface area contributed by atoms with Gasteiger partial charge in [-0.25, -0.2) is 0 Å². The van der Waals surface area contributed by atoms with Crippen LogP contribution in [0.2, 0.25) is 0 Å². The largest absolute Gasteiger partial charge is 0.497 e. The molecule has 1 aliphatic carbocycles. The zero-order valence-electron chi connectivity index (χ0n) is 15.9. The van der Waals surface area contributed by atoms with Crippen LogP contribution in [0.15, 0.2) is 24.3 Å². The summed E-state index contributed by atoms with van der Waals surface area (Å²) in [5.41, 5.74) is 0.950. The Morgan fingerprint density at radius 1 is 1.19 bits per heavy atom. The van der Waals surface area contributed by atoms with Crippen LogP contribution < -0.4 is 4.74 Å². The molecule has 0 N–H and O–H groups in total. The Morgan fingerprint density at radius 2 is 1.96 bits per heavy atom. The van der Waals surface area contributed by atoms with Crippen LogP contribution in [-0.4, -0.2) is 69.3 Å². The van der Waals surface area contributed by atoms with Crippen molar-refractivity contribution in [2.45, 2.75) is 19.3 Å². The number of ether oxygens (including phenoxy) is 2. The van der Waals surface area contributed by atoms with Crippen molar-refractivity contribution < 1.29 is 14.3 Å². The second-order valence-electron chi connectivity index (χ2n) is 8.36. The Morgan fingerprint density at radius 3 is 2.62 bits per heavy atom. The smallest absolute Gasteiger partial charge is 0.253 e. The molecule has 0 aromatic heterocycles. The summed E-state index contributed by atoms with van der Waals surface area (Å²) in [4.78, 5) is 17.6. The molecule has 2 saturated heterocycles. The van der Waals surface area contributed by atoms with Crippen LogP contribution in [0.5, 0.6) is 5.75 Å². The van der Waals surface area contributed by atoms with Crippen molar-refractivity contribution in [2.24, 2.45) is 17.3 Å². The van der Waals surface area contributed by atoms with Crippen molar-refractivity contribution in [1.29, 1.82) is 0 Å². The van der Waals surface area contributed by atoms with Gasteiger partial charge >= 0.3 is 0 Å². The lowest BCUT2D eigenvalue weighted by Crippen LogP contribution is -2.38. The summed E-state index contributed by atoms with van der Waals surface area (Å²) >= 11 is 0. The first-order valence-corrected chi connectivity index (χ1v) is 9.78. The number of benzene rings is 1. The van der Waals surface area contributed by atoms with Gasteiger partial charge in [0, 0.05) is 56.7 Å². The van der Waals surface area contributed by atoms with Crippen LogP contribution in [0, 0.1) is 17.3 Å². The molecule has 2 aliphatic heterocycles. The zero-order valence-corrected chi connectivity index (χ0v) is 15.9. The molecular weight excluding hydrogens is 328 g/mol. The fraction of sp³-hybridized carbons (Fsp3) is 0.667. The van der Waals surface area contributed by atoms with E-state index < -0.39 is 0 Å². The van der Waals surface area contributed by atoms with Gasteiger partial charge in [-0.15, -0.1) is 0 Å². The Labute approximate surface area is 156 Å². The molecule has 5 nitrogen and oxygen atoms in total. The number of likely N-dealkylation sites (tertiary alicyclic amines) is 2. The highest BCUT2D eigenvalue weighted by Gasteiger charge is 2.51. The summed E-state index contributed by atoms with van der Waals surface area (Å²) in [6, 6.07) is 7.46. The van der Waals surface area contributed by atoms with E-state index in [0.717, 1.165) is 56.4 Å². The molecule has 3 fully saturated rings. The van der Waals surface area contributed by atoms with Gasteiger partial charge in [0.25, 0.3) is 5.91 Å². The number of rotatable bonds is 6. The van der Waals surface area contributed by atoms with E-state index in [4.69, 9.17) is 9.47 Å². The van der Waals surface area contributed by atoms with Gasteiger partial charge in [0.15, 0.2) is 0 Å². The van der Waals surface area contributed by atoms with Crippen molar-refractivity contribution in [1.82, 2.24) is 9.80 Å². The van der Waals surface area contributed by atoms with Crippen molar-refractivity contribution in [3.8, 4) is 5.75 Å². The second-order valence-corrected chi connectivity index (χ2v) is 8.36. The average molecular weight is 358 g/mol. The van der Waals surface area contributed by atoms with E-state index in [-0.39, 0.29) is 11.3 Å². The lowest BCUT2D eigenvalue weighted by molar-refractivity contribution is 0.0716. The lowest BCUT2D eigenvalue weighted by atomic mass is 9.77. The van der Waals surface area contributed by atoms with Crippen LogP contribution in [-0.2, 0) is 4.74 Å². The molecule has 1 aromatic carbocycles. The number of hydrogen-bond donors (Lipinski definition) is 0. The minimum absolute atomic E-state index is 0.140. The van der Waals surface area contributed by atoms with Crippen LogP contribution in [0.4, 0.5) is 0 Å². The van der Waals surface area contributed by atoms with E-state index in [1.807, 2.05) is 29.2 Å². The highest BCUT2D eigenvalue weighted by Crippen LogP contribution is 2.45. The van der Waals surface area contributed by atoms with E-state index in [0.29, 0.717) is 5.92 Å². The molecule has 2 heterocycles. The zero-order chi connectivity index (χ0) is 18.1. The molecule has 1 spiro atoms. The molecule has 26 heavy (non-hydrogen) atoms. The van der Waals surface area contributed by atoms with Crippen LogP contribution in [0.1, 0.15) is 29.6 Å². The number of carbonyl (C=O) groups excluding carboxylic acids is 1. The summed E-state index contributed by atoms with van der Waals surface area (Å²) in [5.74, 6) is 2.36. The molecule has 0 unspecified atom stereocenters. The Kier molecular flexibility index (Phi) is 4.93. The minimum Gasteiger partial charge on any atom is -0.497 e. The highest BCUT2D eigenvalue weighted by atomic mass is 16.5. The number of carbonyl (C=O) groups is 1. The molecule has 3 aliphatic rings. The maximum Gasteiger partial charge on any atom is 0.253 e. The fourth-order valence-electron chi connectivity index (χ4n) is 4.83. The lowest BCUT2D eigenvalue weighted by Gasteiger charge is -2.30. The van der Waals surface area contributed by atoms with E-state index >= 15 is 0 Å². The van der Waals surface area contributed by atoms with Crippen LogP contribution >= 0.6 is 0 Å². The predicted molar refractivity (Wildman–Crippen MR) is 100 cm³/mol. The first-order chi connectivity index (χ1) is 12.6. The van der Waals surface area contributed by atoms with Crippen molar-refractivity contribution in [3.63, 3.8) is 0 Å². The average Bonchev–Trinajstić information content (AvgIpc) is 3.27. The summed E-state index contributed by atoms with van der Waals surface area (Å²) in [6.07, 6.45) is 3.87. The Bertz CT molecular complexity index is 643. The quantitative estimate of drug-likeness (QED) is 0.784. The third-order valence-corrected chi connectivity index (χ3v) is 6.47. The monoisotopic (exact) mass is 358 g/mol. The van der Waals surface area contributed by atoms with Crippen LogP contribution in [0.25, 0.3) is 0 Å². The van der Waals surface area contributed by atoms with Crippen molar-refractivity contribution in [3.05, 3.63) is 29.8 Å². The predicted octanol–water partition coefficient (Wildman–Crippen LogP) is 2.52. The maximum absolute atomic E-state index is 13.0. The normalized spacial score (nSPS) is 28.8. The summed E-state index contributed by atoms with van der Waals surface area (Å²) in [7, 11) is 3.44. The van der Waals surface area contributed by atoms with E-state index in [9.17, 15) is 4.79 Å². The molecule has 0 bridgehead atoms. The van der Waals surface area contributed by atoms with E-state index in [1.54, 1.807) is 14.2 Å². The molecule has 0 radical (unpaired) electrons. The van der Waals surface area contributed by atoms with Crippen molar-refractivity contribution in [2.75, 3.05) is 53.6 Å². The standard InChI is InChI=1S/C21H30N2O3/c1-25-13-18-12-22(11-16-3-4-16)14-21(18)9-10-23(15-21)20(24)17-5-7-19(26-2)8-6-17/h5-8,16,18H,3-4,9-15H2,1-2H3/t18-,21-/m1/s1. The van der Waals surface area contributed by atoms with Gasteiger partial charge < -0.3 is 19.3 Å². The number of hydrogen-bond acceptors (Lipinski definition) is 4. The molecular formula is C21H30N2O3. The molecule has 1 saturated carbocycles. The molecule has 5 heteroatoms. The molecule has 4 rings (SSSR count). The third kappa shape index (κ3) is 3.47. The molecule has 1 aromatic rings. The van der Waals surface area contributed by atoms with Crippen molar-refractivity contribution >= 4 is 5.91 Å². The molecule has 142 valence electrons. The minimum atomic E-state index is 0.140. The topological polar surface area (TPSA) is 42.0 Å². The van der Waals surface area contributed by atoms with Gasteiger partial charge in [-0.1, -0.05) is 0 Å². The molecule has 2 atom stereocenters. The first kappa shape index (κ1) is 17.8. The van der Waals surface area contributed by atoms with Gasteiger partial charge in [-0.2, -0.15) is 0 Å². The Balaban J connectivity index is 1.45. The Hall–Kier alpha value is -1.59. The number of amides is 1. The molecule has 1 amide bonds. The van der Waals surface area contributed by atoms with Gasteiger partial charge in [-0.05, 0) is 49.4 Å². The number of methoxy groups -OCH3 is 2. The van der Waals surface area contributed by atoms with Gasteiger partial charge in [0.1, 0.15) is 5.75 Å². The summed E-state index contributed by atoms with van der Waals surface area (Å²) in [5, 5.41) is 0. The SMILES string of the molecule is COC[C@H]1CN(CC2CC2)C[C@@]12CCN(C(=O)c1ccc(OC)cc1)C2. The second kappa shape index (κ2) is 7.20. The maximum atomic E-state index is 13.0. The fourth-order valence-corrected chi connectivity index (χ4v) is 4.83. The summed E-state index contributed by atoms with van der Waals surface area (Å²) in [6.45, 7) is 5.97. The van der Waals surface area contributed by atoms with Gasteiger partial charge in [-0.3, -0.25) is 4.79 Å². The third-order valence-electron chi connectivity index (χ3n) is 6.47. The van der Waals surface area contributed by atoms with Gasteiger partial charge in [0.2, 0.25) is 0 Å². The highest BCUT2D eigenvalue weighted by molar-refractivity contribution is 5.94. The van der Waals surface area contributed by atoms with E-state index in [2.05, 4.69) is 4.90 Å². The van der Waals surface area contributed by atoms with Crippen LogP contribution in [0.3, 0.4) is 0 Å². The number of nitrogens with zero attached hydrogens (tertiary/aromatic N) is 2. The summed E-state index contributed by atoms with van der Waals surface area (Å²) < 4.78 is 10.7. The van der Waals surface area contributed by atoms with Gasteiger partial charge in [0.05, 0.1) is 13.7 Å². The van der Waals surface area contributed by atoms with E-state index in [1.165, 1.54) is 19.4 Å². The first-order valence-electron chi connectivity index (χ1n) is 9.78.